The zero-order valence-corrected chi connectivity index (χ0v) is 36.8. The number of unbranched alkanes of at least 4 members (excludes halogenated alkanes) is 2. The molecule has 1 aliphatic carbocycles. The predicted octanol–water partition coefficient (Wildman–Crippen LogP) is 6.61. The summed E-state index contributed by atoms with van der Waals surface area (Å²) in [6.45, 7) is 5.08. The Bertz CT molecular complexity index is 2170. The van der Waals surface area contributed by atoms with Crippen LogP contribution in [-0.2, 0) is 35.3 Å². The topological polar surface area (TPSA) is 182 Å². The van der Waals surface area contributed by atoms with Crippen molar-refractivity contribution in [3.05, 3.63) is 42.1 Å². The number of alkyl carbamates (subject to hydrolysis) is 1. The van der Waals surface area contributed by atoms with Gasteiger partial charge in [-0.1, -0.05) is 26.0 Å². The Labute approximate surface area is 362 Å². The molecule has 350 valence electrons. The molecule has 63 heavy (non-hydrogen) atoms. The zero-order valence-electron chi connectivity index (χ0n) is 36.0. The molecule has 1 saturated carbocycles. The third kappa shape index (κ3) is 11.7. The number of aromatic nitrogens is 1. The predicted molar refractivity (Wildman–Crippen MR) is 218 cm³/mol. The first kappa shape index (κ1) is 49.2. The highest BCUT2D eigenvalue weighted by molar-refractivity contribution is 7.90. The number of sulfonamides is 1. The van der Waals surface area contributed by atoms with Gasteiger partial charge in [0.2, 0.25) is 27.7 Å². The molecule has 0 unspecified atom stereocenters. The lowest BCUT2D eigenvalue weighted by molar-refractivity contribution is -0.152. The first-order valence-corrected chi connectivity index (χ1v) is 22.5. The van der Waals surface area contributed by atoms with Crippen LogP contribution in [0.1, 0.15) is 91.5 Å². The van der Waals surface area contributed by atoms with E-state index in [9.17, 15) is 53.9 Å². The van der Waals surface area contributed by atoms with Crippen molar-refractivity contribution in [2.24, 2.45) is 17.8 Å². The van der Waals surface area contributed by atoms with Gasteiger partial charge < -0.3 is 29.7 Å². The van der Waals surface area contributed by atoms with E-state index >= 15 is 0 Å². The molecule has 0 bridgehead atoms. The lowest BCUT2D eigenvalue weighted by atomic mass is 9.88. The summed E-state index contributed by atoms with van der Waals surface area (Å²) in [5.74, 6) is -8.37. The van der Waals surface area contributed by atoms with Gasteiger partial charge in [-0.25, -0.2) is 27.0 Å². The third-order valence-electron chi connectivity index (χ3n) is 12.0. The smallest absolute Gasteiger partial charge is 0.418 e. The number of allylic oxidation sites excluding steroid dienone is 1. The maximum atomic E-state index is 14.8. The quantitative estimate of drug-likeness (QED) is 0.112. The lowest BCUT2D eigenvalue weighted by Gasteiger charge is -2.35. The van der Waals surface area contributed by atoms with Gasteiger partial charge in [-0.3, -0.25) is 23.5 Å². The first-order valence-electron chi connectivity index (χ1n) is 20.8. The number of hydrogen-bond donors (Lipinski definition) is 3. The van der Waals surface area contributed by atoms with Crippen molar-refractivity contribution in [3.8, 4) is 11.6 Å². The number of methoxy groups -OCH3 is 1. The van der Waals surface area contributed by atoms with Crippen molar-refractivity contribution < 1.29 is 68.1 Å². The van der Waals surface area contributed by atoms with E-state index in [-0.39, 0.29) is 60.4 Å². The van der Waals surface area contributed by atoms with Gasteiger partial charge in [0.1, 0.15) is 29.5 Å². The van der Waals surface area contributed by atoms with E-state index in [2.05, 4.69) is 15.6 Å². The molecule has 3 heterocycles. The van der Waals surface area contributed by atoms with Crippen LogP contribution >= 0.6 is 0 Å². The summed E-state index contributed by atoms with van der Waals surface area (Å²) in [7, 11) is -2.95. The highest BCUT2D eigenvalue weighted by Crippen LogP contribution is 2.46. The van der Waals surface area contributed by atoms with Gasteiger partial charge in [-0.05, 0) is 88.8 Å². The molecule has 1 aromatic carbocycles. The van der Waals surface area contributed by atoms with Gasteiger partial charge in [0.05, 0.1) is 31.6 Å². The van der Waals surface area contributed by atoms with Gasteiger partial charge in [-0.15, -0.1) is 0 Å². The van der Waals surface area contributed by atoms with E-state index in [0.717, 1.165) is 24.8 Å². The van der Waals surface area contributed by atoms with Crippen LogP contribution in [0.2, 0.25) is 0 Å². The highest BCUT2D eigenvalue weighted by atomic mass is 32.2. The average Bonchev–Trinajstić information content (AvgIpc) is 3.72. The normalized spacial score (nSPS) is 26.6. The fraction of sp³-hybridized carbons (Fsp3) is 0.643. The fourth-order valence-electron chi connectivity index (χ4n) is 7.94. The molecule has 1 aromatic heterocycles. The van der Waals surface area contributed by atoms with Crippen molar-refractivity contribution in [3.63, 3.8) is 0 Å². The van der Waals surface area contributed by atoms with Gasteiger partial charge >= 0.3 is 12.3 Å². The number of benzene rings is 1. The minimum absolute atomic E-state index is 0.00950. The van der Waals surface area contributed by atoms with Crippen LogP contribution in [0.15, 0.2) is 36.5 Å². The molecular weight excluding hydrogens is 865 g/mol. The number of halogens is 6. The molecule has 7 atom stereocenters. The van der Waals surface area contributed by atoms with Crippen LogP contribution in [0.5, 0.6) is 11.6 Å². The van der Waals surface area contributed by atoms with Crippen LogP contribution in [0.3, 0.4) is 0 Å². The molecule has 3 aliphatic rings. The van der Waals surface area contributed by atoms with E-state index in [0.29, 0.717) is 32.4 Å². The Morgan fingerprint density at radius 3 is 2.40 bits per heavy atom. The SMILES string of the molecule is COc1ccc2c(O[C@@H]3C[C@H]4C(=O)N[C@]5(C(=O)NS(=O)(=O)CCCCCF)C[C@H]5/C=C\CC[C@@H](C)C[C@@H](C)[C@H](NC(=O)OC(C)(C)C(C)(F)F)C(=O)N4C3)ncc(C(F)(F)F)c2c1. The highest BCUT2D eigenvalue weighted by Gasteiger charge is 2.62. The van der Waals surface area contributed by atoms with Crippen molar-refractivity contribution in [2.45, 2.75) is 127 Å². The summed E-state index contributed by atoms with van der Waals surface area (Å²) in [5, 5.41) is 4.75. The van der Waals surface area contributed by atoms with Crippen LogP contribution in [0, 0.1) is 17.8 Å². The van der Waals surface area contributed by atoms with Gasteiger partial charge in [0.25, 0.3) is 11.8 Å². The number of ether oxygens (including phenoxy) is 3. The summed E-state index contributed by atoms with van der Waals surface area (Å²) in [6, 6.07) is 0.912. The molecule has 21 heteroatoms. The Hall–Kier alpha value is -4.82. The van der Waals surface area contributed by atoms with Crippen molar-refractivity contribution in [1.29, 1.82) is 0 Å². The van der Waals surface area contributed by atoms with Crippen molar-refractivity contribution in [2.75, 3.05) is 26.1 Å². The van der Waals surface area contributed by atoms with Crippen LogP contribution in [0.4, 0.5) is 31.1 Å². The monoisotopic (exact) mass is 919 g/mol. The van der Waals surface area contributed by atoms with Gasteiger partial charge in [0, 0.05) is 36.2 Å². The Morgan fingerprint density at radius 2 is 1.75 bits per heavy atom. The molecule has 2 aliphatic heterocycles. The number of alkyl halides is 6. The second-order valence-electron chi connectivity index (χ2n) is 17.4. The fourth-order valence-corrected chi connectivity index (χ4v) is 9.09. The molecule has 5 rings (SSSR count). The van der Waals surface area contributed by atoms with Crippen LogP contribution in [-0.4, -0.2) is 103 Å². The average molecular weight is 920 g/mol. The molecule has 14 nitrogen and oxygen atoms in total. The summed E-state index contributed by atoms with van der Waals surface area (Å²) in [6.07, 6.45) is -1.69. The maximum Gasteiger partial charge on any atom is 0.418 e. The number of pyridine rings is 1. The minimum Gasteiger partial charge on any atom is -0.497 e. The summed E-state index contributed by atoms with van der Waals surface area (Å²) in [4.78, 5) is 61.6. The van der Waals surface area contributed by atoms with E-state index in [1.54, 1.807) is 19.1 Å². The standard InChI is InChI=1S/C42H55F6N5O9S/c1-24-12-8-9-13-26-21-41(26,37(56)52-63(58,59)17-11-7-10-16-43)51-34(54)32-20-28(61-35-29-15-14-27(60-6)19-30(29)31(22-49-35)42(46,47)48)23-53(32)36(55)33(25(2)18-24)50-38(57)62-39(3,4)40(5,44)45/h9,13-15,19,22,24-26,28,32-33H,7-8,10-12,16-18,20-21,23H2,1-6H3,(H,50,57)(H,51,54)(H,52,56)/b13-9-/t24-,25-,26-,28-,32+,33+,41-/m1/s1. The third-order valence-corrected chi connectivity index (χ3v) is 13.4. The Balaban J connectivity index is 1.54. The number of nitrogens with one attached hydrogen (secondary N) is 3. The molecule has 4 amide bonds. The van der Waals surface area contributed by atoms with E-state index in [1.807, 2.05) is 11.6 Å². The number of rotatable bonds is 13. The number of hydrogen-bond acceptors (Lipinski definition) is 10. The Kier molecular flexibility index (Phi) is 14.9. The number of carbonyl (C=O) groups excluding carboxylic acids is 4. The van der Waals surface area contributed by atoms with Crippen molar-refractivity contribution >= 4 is 44.6 Å². The number of carbonyl (C=O) groups is 4. The summed E-state index contributed by atoms with van der Waals surface area (Å²) in [5.41, 5.74) is -5.17. The molecule has 2 fully saturated rings. The van der Waals surface area contributed by atoms with Gasteiger partial charge in [-0.2, -0.15) is 13.2 Å². The second-order valence-corrected chi connectivity index (χ2v) is 19.2. The van der Waals surface area contributed by atoms with E-state index in [1.165, 1.54) is 19.2 Å². The van der Waals surface area contributed by atoms with Crippen LogP contribution in [0.25, 0.3) is 10.8 Å². The molecule has 0 radical (unpaired) electrons. The first-order chi connectivity index (χ1) is 29.3. The molecule has 2 aromatic rings. The molecule has 1 saturated heterocycles. The largest absolute Gasteiger partial charge is 0.497 e. The molecule has 3 N–H and O–H groups in total. The number of fused-ring (bicyclic) bond motifs is 3. The van der Waals surface area contributed by atoms with E-state index < -0.39 is 112 Å². The Morgan fingerprint density at radius 1 is 1.03 bits per heavy atom. The van der Waals surface area contributed by atoms with Crippen LogP contribution < -0.4 is 24.8 Å². The molecular formula is C42H55F6N5O9S. The summed E-state index contributed by atoms with van der Waals surface area (Å²) >= 11 is 0. The van der Waals surface area contributed by atoms with Gasteiger partial charge in [0.15, 0.2) is 5.60 Å². The zero-order chi connectivity index (χ0) is 46.7. The second kappa shape index (κ2) is 19.1. The number of amides is 4. The maximum absolute atomic E-state index is 14.8. The van der Waals surface area contributed by atoms with E-state index in [4.69, 9.17) is 14.2 Å². The number of nitrogens with zero attached hydrogens (tertiary/aromatic N) is 2. The lowest BCUT2D eigenvalue weighted by Crippen LogP contribution is -2.59. The minimum atomic E-state index is -4.82. The summed E-state index contributed by atoms with van der Waals surface area (Å²) < 4.78 is 128. The van der Waals surface area contributed by atoms with Crippen molar-refractivity contribution in [1.82, 2.24) is 25.2 Å². The molecule has 0 spiro atoms.